The van der Waals surface area contributed by atoms with Crippen LogP contribution in [0.2, 0.25) is 0 Å². The molecule has 1 atom stereocenters. The number of nitrogens with two attached hydrogens (primary N) is 1. The van der Waals surface area contributed by atoms with Crippen molar-refractivity contribution in [2.45, 2.75) is 38.6 Å². The summed E-state index contributed by atoms with van der Waals surface area (Å²) in [7, 11) is 0. The summed E-state index contributed by atoms with van der Waals surface area (Å²) in [5.41, 5.74) is 5.50. The number of rotatable bonds is 8. The SMILES string of the molecule is CCN(CCCCC(C)(N)C(=O)O)c1ccc(F)cc1. The van der Waals surface area contributed by atoms with Gasteiger partial charge in [0.25, 0.3) is 0 Å². The molecule has 20 heavy (non-hydrogen) atoms. The molecule has 0 spiro atoms. The highest BCUT2D eigenvalue weighted by Crippen LogP contribution is 2.17. The third-order valence-electron chi connectivity index (χ3n) is 3.44. The number of hydrogen-bond acceptors (Lipinski definition) is 3. The first-order valence-electron chi connectivity index (χ1n) is 6.89. The summed E-state index contributed by atoms with van der Waals surface area (Å²) in [5.74, 6) is -1.21. The van der Waals surface area contributed by atoms with Crippen molar-refractivity contribution in [1.29, 1.82) is 0 Å². The predicted molar refractivity (Wildman–Crippen MR) is 78.4 cm³/mol. The molecule has 0 saturated carbocycles. The Bertz CT molecular complexity index is 432. The van der Waals surface area contributed by atoms with Crippen LogP contribution in [0, 0.1) is 5.82 Å². The number of aliphatic carboxylic acids is 1. The van der Waals surface area contributed by atoms with Gasteiger partial charge in [-0.1, -0.05) is 0 Å². The smallest absolute Gasteiger partial charge is 0.323 e. The average molecular weight is 282 g/mol. The summed E-state index contributed by atoms with van der Waals surface area (Å²) in [4.78, 5) is 13.0. The lowest BCUT2D eigenvalue weighted by Gasteiger charge is -2.24. The number of benzene rings is 1. The Morgan fingerprint density at radius 3 is 2.45 bits per heavy atom. The number of halogens is 1. The summed E-state index contributed by atoms with van der Waals surface area (Å²) in [6, 6.07) is 6.39. The molecule has 0 fully saturated rings. The van der Waals surface area contributed by atoms with E-state index in [2.05, 4.69) is 4.90 Å². The number of carboxylic acid groups (broad SMARTS) is 1. The Labute approximate surface area is 119 Å². The van der Waals surface area contributed by atoms with Crippen molar-refractivity contribution in [2.75, 3.05) is 18.0 Å². The van der Waals surface area contributed by atoms with Crippen molar-refractivity contribution < 1.29 is 14.3 Å². The zero-order valence-corrected chi connectivity index (χ0v) is 12.1. The van der Waals surface area contributed by atoms with Gasteiger partial charge in [0.1, 0.15) is 11.4 Å². The molecule has 3 N–H and O–H groups in total. The van der Waals surface area contributed by atoms with E-state index >= 15 is 0 Å². The molecule has 5 heteroatoms. The van der Waals surface area contributed by atoms with Gasteiger partial charge in [-0.3, -0.25) is 4.79 Å². The first-order chi connectivity index (χ1) is 9.36. The third kappa shape index (κ3) is 4.81. The van der Waals surface area contributed by atoms with Crippen molar-refractivity contribution in [3.8, 4) is 0 Å². The zero-order chi connectivity index (χ0) is 15.2. The van der Waals surface area contributed by atoms with E-state index in [-0.39, 0.29) is 5.82 Å². The van der Waals surface area contributed by atoms with Crippen molar-refractivity contribution in [3.05, 3.63) is 30.1 Å². The number of carboxylic acids is 1. The Balaban J connectivity index is 2.43. The monoisotopic (exact) mass is 282 g/mol. The Hall–Kier alpha value is -1.62. The zero-order valence-electron chi connectivity index (χ0n) is 12.1. The van der Waals surface area contributed by atoms with E-state index in [1.807, 2.05) is 6.92 Å². The number of anilines is 1. The van der Waals surface area contributed by atoms with Crippen LogP contribution in [-0.4, -0.2) is 29.7 Å². The minimum atomic E-state index is -1.16. The molecule has 1 rings (SSSR count). The van der Waals surface area contributed by atoms with Crippen LogP contribution >= 0.6 is 0 Å². The summed E-state index contributed by atoms with van der Waals surface area (Å²) in [6.07, 6.45) is 2.05. The van der Waals surface area contributed by atoms with Crippen LogP contribution in [0.25, 0.3) is 0 Å². The van der Waals surface area contributed by atoms with Gasteiger partial charge in [0, 0.05) is 18.8 Å². The first kappa shape index (κ1) is 16.4. The molecule has 0 aliphatic rings. The van der Waals surface area contributed by atoms with Crippen molar-refractivity contribution in [2.24, 2.45) is 5.73 Å². The number of carbonyl (C=O) groups is 1. The fourth-order valence-corrected chi connectivity index (χ4v) is 2.02. The standard InChI is InChI=1S/C15H23FN2O2/c1-3-18(13-8-6-12(16)7-9-13)11-5-4-10-15(2,17)14(19)20/h6-9H,3-5,10-11,17H2,1-2H3,(H,19,20). The van der Waals surface area contributed by atoms with Crippen molar-refractivity contribution in [1.82, 2.24) is 0 Å². The Kier molecular flexibility index (Phi) is 5.95. The molecule has 0 aliphatic carbocycles. The summed E-state index contributed by atoms with van der Waals surface area (Å²) in [6.45, 7) is 5.20. The molecule has 4 nitrogen and oxygen atoms in total. The van der Waals surface area contributed by atoms with Gasteiger partial charge >= 0.3 is 5.97 Å². The molecule has 0 aromatic heterocycles. The van der Waals surface area contributed by atoms with Gasteiger partial charge < -0.3 is 15.7 Å². The molecule has 0 aliphatic heterocycles. The first-order valence-corrected chi connectivity index (χ1v) is 6.89. The van der Waals surface area contributed by atoms with Crippen LogP contribution < -0.4 is 10.6 Å². The molecule has 1 aromatic carbocycles. The fourth-order valence-electron chi connectivity index (χ4n) is 2.02. The molecule has 1 aromatic rings. The second-order valence-electron chi connectivity index (χ2n) is 5.24. The van der Waals surface area contributed by atoms with Crippen LogP contribution in [-0.2, 0) is 4.79 Å². The summed E-state index contributed by atoms with van der Waals surface area (Å²) >= 11 is 0. The predicted octanol–water partition coefficient (Wildman–Crippen LogP) is 2.62. The van der Waals surface area contributed by atoms with Crippen LogP contribution in [0.4, 0.5) is 10.1 Å². The maximum atomic E-state index is 12.9. The topological polar surface area (TPSA) is 66.6 Å². The highest BCUT2D eigenvalue weighted by molar-refractivity contribution is 5.77. The maximum Gasteiger partial charge on any atom is 0.323 e. The minimum absolute atomic E-state index is 0.245. The Morgan fingerprint density at radius 1 is 1.35 bits per heavy atom. The van der Waals surface area contributed by atoms with E-state index in [1.165, 1.54) is 19.1 Å². The Morgan fingerprint density at radius 2 is 1.95 bits per heavy atom. The van der Waals surface area contributed by atoms with E-state index in [9.17, 15) is 9.18 Å². The number of nitrogens with zero attached hydrogens (tertiary/aromatic N) is 1. The number of hydrogen-bond donors (Lipinski definition) is 2. The fraction of sp³-hybridized carbons (Fsp3) is 0.533. The van der Waals surface area contributed by atoms with Gasteiger partial charge in [-0.25, -0.2) is 4.39 Å². The summed E-state index contributed by atoms with van der Waals surface area (Å²) in [5, 5.41) is 8.93. The highest BCUT2D eigenvalue weighted by atomic mass is 19.1. The van der Waals surface area contributed by atoms with E-state index in [0.717, 1.165) is 31.6 Å². The van der Waals surface area contributed by atoms with Gasteiger partial charge in [0.05, 0.1) is 0 Å². The second kappa shape index (κ2) is 7.24. The quantitative estimate of drug-likeness (QED) is 0.719. The molecular formula is C15H23FN2O2. The molecule has 0 saturated heterocycles. The van der Waals surface area contributed by atoms with Crippen molar-refractivity contribution in [3.63, 3.8) is 0 Å². The molecule has 0 bridgehead atoms. The van der Waals surface area contributed by atoms with Crippen LogP contribution in [0.1, 0.15) is 33.1 Å². The average Bonchev–Trinajstić information content (AvgIpc) is 2.40. The van der Waals surface area contributed by atoms with Crippen LogP contribution in [0.5, 0.6) is 0 Å². The molecule has 0 amide bonds. The summed E-state index contributed by atoms with van der Waals surface area (Å²) < 4.78 is 12.9. The van der Waals surface area contributed by atoms with Gasteiger partial charge in [-0.15, -0.1) is 0 Å². The number of unbranched alkanes of at least 4 members (excludes halogenated alkanes) is 1. The van der Waals surface area contributed by atoms with Crippen LogP contribution in [0.3, 0.4) is 0 Å². The van der Waals surface area contributed by atoms with Gasteiger partial charge in [-0.05, 0) is 57.4 Å². The van der Waals surface area contributed by atoms with Crippen molar-refractivity contribution >= 4 is 11.7 Å². The normalized spacial score (nSPS) is 13.8. The lowest BCUT2D eigenvalue weighted by molar-refractivity contribution is -0.142. The molecule has 0 heterocycles. The minimum Gasteiger partial charge on any atom is -0.480 e. The third-order valence-corrected chi connectivity index (χ3v) is 3.44. The highest BCUT2D eigenvalue weighted by Gasteiger charge is 2.26. The molecule has 112 valence electrons. The van der Waals surface area contributed by atoms with Gasteiger partial charge in [-0.2, -0.15) is 0 Å². The van der Waals surface area contributed by atoms with Gasteiger partial charge in [0.2, 0.25) is 0 Å². The molecular weight excluding hydrogens is 259 g/mol. The largest absolute Gasteiger partial charge is 0.480 e. The second-order valence-corrected chi connectivity index (χ2v) is 5.24. The molecule has 1 unspecified atom stereocenters. The van der Waals surface area contributed by atoms with E-state index in [0.29, 0.717) is 6.42 Å². The van der Waals surface area contributed by atoms with E-state index < -0.39 is 11.5 Å². The van der Waals surface area contributed by atoms with Crippen LogP contribution in [0.15, 0.2) is 24.3 Å². The lowest BCUT2D eigenvalue weighted by atomic mass is 9.96. The van der Waals surface area contributed by atoms with Gasteiger partial charge in [0.15, 0.2) is 0 Å². The lowest BCUT2D eigenvalue weighted by Crippen LogP contribution is -2.44. The maximum absolute atomic E-state index is 12.9. The molecule has 0 radical (unpaired) electrons. The van der Waals surface area contributed by atoms with E-state index in [4.69, 9.17) is 10.8 Å². The van der Waals surface area contributed by atoms with E-state index in [1.54, 1.807) is 12.1 Å².